The molecule has 1 amide bonds. The summed E-state index contributed by atoms with van der Waals surface area (Å²) in [5.41, 5.74) is -1.42. The van der Waals surface area contributed by atoms with Gasteiger partial charge in [0.1, 0.15) is 11.3 Å². The van der Waals surface area contributed by atoms with Crippen LogP contribution in [0.25, 0.3) is 0 Å². The van der Waals surface area contributed by atoms with Crippen molar-refractivity contribution in [3.63, 3.8) is 0 Å². The Kier molecular flexibility index (Phi) is 4.78. The van der Waals surface area contributed by atoms with E-state index in [-0.39, 0.29) is 22.8 Å². The zero-order valence-corrected chi connectivity index (χ0v) is 11.5. The lowest BCUT2D eigenvalue weighted by Gasteiger charge is -2.25. The van der Waals surface area contributed by atoms with Crippen molar-refractivity contribution in [1.29, 1.82) is 0 Å². The molecule has 0 aromatic heterocycles. The van der Waals surface area contributed by atoms with Crippen LogP contribution >= 0.6 is 11.6 Å². The number of phenols is 1. The summed E-state index contributed by atoms with van der Waals surface area (Å²) in [4.78, 5) is 23.2. The topological polar surface area (TPSA) is 86.6 Å². The van der Waals surface area contributed by atoms with Gasteiger partial charge in [-0.2, -0.15) is 0 Å². The molecular formula is C13H16ClNO4. The third kappa shape index (κ3) is 3.61. The highest BCUT2D eigenvalue weighted by atomic mass is 35.5. The number of rotatable bonds is 5. The lowest BCUT2D eigenvalue weighted by Crippen LogP contribution is -2.52. The lowest BCUT2D eigenvalue weighted by molar-refractivity contribution is -0.144. The van der Waals surface area contributed by atoms with Gasteiger partial charge in [-0.1, -0.05) is 24.9 Å². The van der Waals surface area contributed by atoms with Crippen LogP contribution < -0.4 is 5.32 Å². The van der Waals surface area contributed by atoms with Crippen LogP contribution in [0.3, 0.4) is 0 Å². The highest BCUT2D eigenvalue weighted by Gasteiger charge is 2.34. The zero-order valence-electron chi connectivity index (χ0n) is 10.7. The fourth-order valence-corrected chi connectivity index (χ4v) is 1.90. The molecule has 6 heteroatoms. The number of aliphatic carboxylic acids is 1. The number of halogens is 1. The van der Waals surface area contributed by atoms with Crippen molar-refractivity contribution in [2.75, 3.05) is 0 Å². The molecule has 0 aliphatic carbocycles. The van der Waals surface area contributed by atoms with Crippen LogP contribution in [0.4, 0.5) is 0 Å². The number of nitrogens with one attached hydrogen (secondary N) is 1. The molecule has 0 aliphatic heterocycles. The van der Waals surface area contributed by atoms with Gasteiger partial charge in [-0.15, -0.1) is 0 Å². The molecule has 1 aromatic carbocycles. The van der Waals surface area contributed by atoms with Crippen LogP contribution in [-0.4, -0.2) is 27.6 Å². The molecule has 0 aliphatic rings. The fourth-order valence-electron chi connectivity index (χ4n) is 1.73. The predicted molar refractivity (Wildman–Crippen MR) is 71.5 cm³/mol. The van der Waals surface area contributed by atoms with Gasteiger partial charge in [-0.3, -0.25) is 4.79 Å². The van der Waals surface area contributed by atoms with Gasteiger partial charge in [0, 0.05) is 5.02 Å². The van der Waals surface area contributed by atoms with E-state index in [1.165, 1.54) is 25.1 Å². The van der Waals surface area contributed by atoms with E-state index < -0.39 is 17.4 Å². The fraction of sp³-hybridized carbons (Fsp3) is 0.385. The number of benzene rings is 1. The van der Waals surface area contributed by atoms with Gasteiger partial charge in [0.05, 0.1) is 5.56 Å². The molecule has 3 N–H and O–H groups in total. The Morgan fingerprint density at radius 1 is 1.42 bits per heavy atom. The minimum Gasteiger partial charge on any atom is -0.507 e. The zero-order chi connectivity index (χ0) is 14.6. The van der Waals surface area contributed by atoms with Crippen molar-refractivity contribution in [3.05, 3.63) is 28.8 Å². The van der Waals surface area contributed by atoms with E-state index >= 15 is 0 Å². The first-order valence-corrected chi connectivity index (χ1v) is 6.22. The summed E-state index contributed by atoms with van der Waals surface area (Å²) in [6.07, 6.45) is 0.889. The second-order valence-corrected chi connectivity index (χ2v) is 4.94. The van der Waals surface area contributed by atoms with Crippen molar-refractivity contribution in [2.24, 2.45) is 0 Å². The maximum absolute atomic E-state index is 12.0. The molecule has 0 bridgehead atoms. The maximum atomic E-state index is 12.0. The minimum absolute atomic E-state index is 0.0453. The van der Waals surface area contributed by atoms with E-state index in [1.54, 1.807) is 0 Å². The normalized spacial score (nSPS) is 13.6. The average Bonchev–Trinajstić information content (AvgIpc) is 2.32. The molecule has 0 heterocycles. The molecule has 104 valence electrons. The lowest BCUT2D eigenvalue weighted by atomic mass is 9.95. The van der Waals surface area contributed by atoms with Gasteiger partial charge in [0.15, 0.2) is 0 Å². The monoisotopic (exact) mass is 285 g/mol. The Bertz CT molecular complexity index is 503. The Labute approximate surface area is 116 Å². The second kappa shape index (κ2) is 5.93. The van der Waals surface area contributed by atoms with E-state index in [1.807, 2.05) is 6.92 Å². The summed E-state index contributed by atoms with van der Waals surface area (Å²) < 4.78 is 0. The van der Waals surface area contributed by atoms with Crippen molar-refractivity contribution in [1.82, 2.24) is 5.32 Å². The first kappa shape index (κ1) is 15.3. The van der Waals surface area contributed by atoms with Crippen LogP contribution in [0.2, 0.25) is 5.02 Å². The molecule has 1 atom stereocenters. The molecular weight excluding hydrogens is 270 g/mol. The SMILES string of the molecule is CCCC(C)(NC(=O)c1cc(Cl)ccc1O)C(=O)O. The van der Waals surface area contributed by atoms with Gasteiger partial charge < -0.3 is 15.5 Å². The summed E-state index contributed by atoms with van der Waals surface area (Å²) >= 11 is 5.75. The molecule has 0 spiro atoms. The molecule has 1 aromatic rings. The van der Waals surface area contributed by atoms with Crippen LogP contribution in [0.5, 0.6) is 5.75 Å². The van der Waals surface area contributed by atoms with Crippen molar-refractivity contribution in [3.8, 4) is 5.75 Å². The first-order valence-electron chi connectivity index (χ1n) is 5.84. The van der Waals surface area contributed by atoms with E-state index in [2.05, 4.69) is 5.32 Å². The van der Waals surface area contributed by atoms with Crippen LogP contribution in [0, 0.1) is 0 Å². The number of hydrogen-bond acceptors (Lipinski definition) is 3. The second-order valence-electron chi connectivity index (χ2n) is 4.50. The van der Waals surface area contributed by atoms with Gasteiger partial charge in [0.2, 0.25) is 0 Å². The Morgan fingerprint density at radius 3 is 2.58 bits per heavy atom. The largest absolute Gasteiger partial charge is 0.507 e. The molecule has 0 saturated heterocycles. The number of hydrogen-bond donors (Lipinski definition) is 3. The van der Waals surface area contributed by atoms with Gasteiger partial charge in [-0.05, 0) is 31.5 Å². The quantitative estimate of drug-likeness (QED) is 0.775. The van der Waals surface area contributed by atoms with E-state index in [9.17, 15) is 19.8 Å². The highest BCUT2D eigenvalue weighted by Crippen LogP contribution is 2.23. The molecule has 1 unspecified atom stereocenters. The van der Waals surface area contributed by atoms with Crippen LogP contribution in [0.15, 0.2) is 18.2 Å². The van der Waals surface area contributed by atoms with E-state index in [4.69, 9.17) is 11.6 Å². The number of carboxylic acid groups (broad SMARTS) is 1. The predicted octanol–water partition coefficient (Wildman–Crippen LogP) is 2.42. The number of carbonyl (C=O) groups excluding carboxylic acids is 1. The number of aromatic hydroxyl groups is 1. The number of carboxylic acids is 1. The molecule has 19 heavy (non-hydrogen) atoms. The summed E-state index contributed by atoms with van der Waals surface area (Å²) in [6.45, 7) is 3.25. The first-order chi connectivity index (χ1) is 8.80. The third-order valence-electron chi connectivity index (χ3n) is 2.81. The summed E-state index contributed by atoms with van der Waals surface area (Å²) in [7, 11) is 0. The molecule has 0 radical (unpaired) electrons. The van der Waals surface area contributed by atoms with E-state index in [0.717, 1.165) is 0 Å². The van der Waals surface area contributed by atoms with E-state index in [0.29, 0.717) is 6.42 Å². The molecule has 1 rings (SSSR count). The van der Waals surface area contributed by atoms with Crippen molar-refractivity contribution < 1.29 is 19.8 Å². The van der Waals surface area contributed by atoms with Gasteiger partial charge in [0.25, 0.3) is 5.91 Å². The Hall–Kier alpha value is -1.75. The van der Waals surface area contributed by atoms with Gasteiger partial charge in [-0.25, -0.2) is 4.79 Å². The van der Waals surface area contributed by atoms with Gasteiger partial charge >= 0.3 is 5.97 Å². The molecule has 0 fully saturated rings. The Morgan fingerprint density at radius 2 is 2.05 bits per heavy atom. The number of amides is 1. The summed E-state index contributed by atoms with van der Waals surface area (Å²) in [6, 6.07) is 4.02. The number of carbonyl (C=O) groups is 2. The average molecular weight is 286 g/mol. The van der Waals surface area contributed by atoms with Crippen LogP contribution in [-0.2, 0) is 4.79 Å². The smallest absolute Gasteiger partial charge is 0.329 e. The Balaban J connectivity index is 3.00. The molecule has 0 saturated carbocycles. The molecule has 5 nitrogen and oxygen atoms in total. The number of phenolic OH excluding ortho intramolecular Hbond substituents is 1. The highest BCUT2D eigenvalue weighted by molar-refractivity contribution is 6.31. The summed E-state index contributed by atoms with van der Waals surface area (Å²) in [5, 5.41) is 21.5. The van der Waals surface area contributed by atoms with Crippen molar-refractivity contribution >= 4 is 23.5 Å². The standard InChI is InChI=1S/C13H16ClNO4/c1-3-6-13(2,12(18)19)15-11(17)9-7-8(14)4-5-10(9)16/h4-5,7,16H,3,6H2,1-2H3,(H,15,17)(H,18,19). The third-order valence-corrected chi connectivity index (χ3v) is 3.05. The van der Waals surface area contributed by atoms with Crippen molar-refractivity contribution in [2.45, 2.75) is 32.2 Å². The summed E-state index contributed by atoms with van der Waals surface area (Å²) in [5.74, 6) is -2.03. The minimum atomic E-state index is -1.37. The van der Waals surface area contributed by atoms with Crippen LogP contribution in [0.1, 0.15) is 37.0 Å². The maximum Gasteiger partial charge on any atom is 0.329 e.